The second-order valence-electron chi connectivity index (χ2n) is 4.53. The monoisotopic (exact) mass is 293 g/mol. The molecule has 0 spiro atoms. The molecule has 5 nitrogen and oxygen atoms in total. The lowest BCUT2D eigenvalue weighted by Gasteiger charge is -2.05. The molecule has 0 radical (unpaired) electrons. The van der Waals surface area contributed by atoms with E-state index in [1.807, 2.05) is 31.4 Å². The highest BCUT2D eigenvalue weighted by Crippen LogP contribution is 2.25. The van der Waals surface area contributed by atoms with E-state index in [2.05, 4.69) is 10.1 Å². The SMILES string of the molecule is COc1ccc(-c2noc(C(N)CCSC)n2)cc1C. The standard InChI is InChI=1S/C14H19N3O2S/c1-9-8-10(4-5-12(9)18-2)13-16-14(19-17-13)11(15)6-7-20-3/h4-5,8,11H,6-7,15H2,1-3H3. The summed E-state index contributed by atoms with van der Waals surface area (Å²) < 4.78 is 10.5. The van der Waals surface area contributed by atoms with Crippen molar-refractivity contribution in [3.8, 4) is 17.1 Å². The third-order valence-corrected chi connectivity index (χ3v) is 3.69. The molecule has 0 aliphatic rings. The summed E-state index contributed by atoms with van der Waals surface area (Å²) in [6.45, 7) is 1.98. The molecule has 0 amide bonds. The van der Waals surface area contributed by atoms with Crippen LogP contribution in [-0.2, 0) is 0 Å². The Morgan fingerprint density at radius 2 is 2.25 bits per heavy atom. The lowest BCUT2D eigenvalue weighted by molar-refractivity contribution is 0.353. The first-order valence-electron chi connectivity index (χ1n) is 6.39. The number of hydrogen-bond acceptors (Lipinski definition) is 6. The Labute approximate surface area is 122 Å². The number of aromatic nitrogens is 2. The molecule has 1 unspecified atom stereocenters. The molecule has 108 valence electrons. The van der Waals surface area contributed by atoms with E-state index in [9.17, 15) is 0 Å². The van der Waals surface area contributed by atoms with Gasteiger partial charge in [0.25, 0.3) is 0 Å². The van der Waals surface area contributed by atoms with Gasteiger partial charge in [0, 0.05) is 5.56 Å². The van der Waals surface area contributed by atoms with Crippen LogP contribution in [0.4, 0.5) is 0 Å². The third kappa shape index (κ3) is 3.32. The Balaban J connectivity index is 2.18. The molecule has 0 fully saturated rings. The van der Waals surface area contributed by atoms with E-state index in [4.69, 9.17) is 15.0 Å². The van der Waals surface area contributed by atoms with Crippen molar-refractivity contribution in [2.24, 2.45) is 5.73 Å². The van der Waals surface area contributed by atoms with Crippen LogP contribution in [0.3, 0.4) is 0 Å². The summed E-state index contributed by atoms with van der Waals surface area (Å²) in [7, 11) is 1.65. The molecule has 0 bridgehead atoms. The van der Waals surface area contributed by atoms with Gasteiger partial charge in [0.15, 0.2) is 0 Å². The van der Waals surface area contributed by atoms with Gasteiger partial charge in [-0.15, -0.1) is 0 Å². The molecule has 2 aromatic rings. The molecule has 1 aromatic heterocycles. The molecule has 0 saturated heterocycles. The van der Waals surface area contributed by atoms with Gasteiger partial charge in [0.05, 0.1) is 13.2 Å². The minimum Gasteiger partial charge on any atom is -0.496 e. The minimum atomic E-state index is -0.206. The average Bonchev–Trinajstić information content (AvgIpc) is 2.94. The van der Waals surface area contributed by atoms with Crippen LogP contribution in [-0.4, -0.2) is 29.3 Å². The van der Waals surface area contributed by atoms with E-state index in [1.165, 1.54) is 0 Å². The molecule has 1 heterocycles. The van der Waals surface area contributed by atoms with Gasteiger partial charge in [-0.3, -0.25) is 0 Å². The van der Waals surface area contributed by atoms with E-state index < -0.39 is 0 Å². The van der Waals surface area contributed by atoms with Crippen LogP contribution < -0.4 is 10.5 Å². The molecule has 1 atom stereocenters. The number of nitrogens with two attached hydrogens (primary N) is 1. The maximum Gasteiger partial charge on any atom is 0.243 e. The Bertz CT molecular complexity index is 571. The second kappa shape index (κ2) is 6.76. The number of ether oxygens (including phenoxy) is 1. The molecule has 6 heteroatoms. The van der Waals surface area contributed by atoms with Gasteiger partial charge < -0.3 is 15.0 Å². The fourth-order valence-corrected chi connectivity index (χ4v) is 2.38. The topological polar surface area (TPSA) is 74.2 Å². The minimum absolute atomic E-state index is 0.206. The van der Waals surface area contributed by atoms with E-state index in [1.54, 1.807) is 18.9 Å². The van der Waals surface area contributed by atoms with Gasteiger partial charge >= 0.3 is 0 Å². The van der Waals surface area contributed by atoms with Gasteiger partial charge in [-0.25, -0.2) is 0 Å². The first-order chi connectivity index (χ1) is 9.65. The number of rotatable bonds is 6. The predicted octanol–water partition coefficient (Wildman–Crippen LogP) is 2.81. The van der Waals surface area contributed by atoms with Crippen molar-refractivity contribution in [1.82, 2.24) is 10.1 Å². The van der Waals surface area contributed by atoms with E-state index in [0.717, 1.165) is 29.1 Å². The van der Waals surface area contributed by atoms with Gasteiger partial charge in [0.2, 0.25) is 11.7 Å². The highest BCUT2D eigenvalue weighted by atomic mass is 32.2. The Morgan fingerprint density at radius 3 is 2.90 bits per heavy atom. The predicted molar refractivity (Wildman–Crippen MR) is 81.0 cm³/mol. The summed E-state index contributed by atoms with van der Waals surface area (Å²) in [4.78, 5) is 4.38. The molecule has 0 aliphatic carbocycles. The zero-order valence-corrected chi connectivity index (χ0v) is 12.7. The van der Waals surface area contributed by atoms with Crippen molar-refractivity contribution in [3.63, 3.8) is 0 Å². The molecule has 2 N–H and O–H groups in total. The number of thioether (sulfide) groups is 1. The third-order valence-electron chi connectivity index (χ3n) is 3.04. The average molecular weight is 293 g/mol. The fourth-order valence-electron chi connectivity index (χ4n) is 1.89. The lowest BCUT2D eigenvalue weighted by Crippen LogP contribution is -2.11. The normalized spacial score (nSPS) is 12.4. The van der Waals surface area contributed by atoms with Crippen LogP contribution in [0.1, 0.15) is 23.9 Å². The summed E-state index contributed by atoms with van der Waals surface area (Å²) in [5.74, 6) is 2.86. The summed E-state index contributed by atoms with van der Waals surface area (Å²) >= 11 is 1.75. The summed E-state index contributed by atoms with van der Waals surface area (Å²) in [6, 6.07) is 5.58. The quantitative estimate of drug-likeness (QED) is 0.882. The van der Waals surface area contributed by atoms with E-state index in [0.29, 0.717) is 11.7 Å². The Morgan fingerprint density at radius 1 is 1.45 bits per heavy atom. The van der Waals surface area contributed by atoms with Gasteiger partial charge in [-0.2, -0.15) is 16.7 Å². The van der Waals surface area contributed by atoms with Crippen molar-refractivity contribution in [3.05, 3.63) is 29.7 Å². The number of methoxy groups -OCH3 is 1. The summed E-state index contributed by atoms with van der Waals surface area (Å²) in [5.41, 5.74) is 7.95. The first kappa shape index (κ1) is 14.9. The van der Waals surface area contributed by atoms with Crippen molar-refractivity contribution >= 4 is 11.8 Å². The molecule has 2 rings (SSSR count). The maximum atomic E-state index is 6.02. The Hall–Kier alpha value is -1.53. The molecule has 0 saturated carbocycles. The smallest absolute Gasteiger partial charge is 0.243 e. The molecular formula is C14H19N3O2S. The van der Waals surface area contributed by atoms with Crippen LogP contribution in [0, 0.1) is 6.92 Å². The molecule has 0 aliphatic heterocycles. The van der Waals surface area contributed by atoms with Crippen LogP contribution >= 0.6 is 11.8 Å². The first-order valence-corrected chi connectivity index (χ1v) is 7.78. The maximum absolute atomic E-state index is 6.02. The molecule has 1 aromatic carbocycles. The zero-order chi connectivity index (χ0) is 14.5. The van der Waals surface area contributed by atoms with Crippen molar-refractivity contribution in [1.29, 1.82) is 0 Å². The fraction of sp³-hybridized carbons (Fsp3) is 0.429. The van der Waals surface area contributed by atoms with Crippen molar-refractivity contribution < 1.29 is 9.26 Å². The number of hydrogen-bond donors (Lipinski definition) is 1. The highest BCUT2D eigenvalue weighted by molar-refractivity contribution is 7.98. The zero-order valence-electron chi connectivity index (χ0n) is 11.9. The van der Waals surface area contributed by atoms with Gasteiger partial charge in [0.1, 0.15) is 5.75 Å². The van der Waals surface area contributed by atoms with Crippen molar-refractivity contribution in [2.75, 3.05) is 19.1 Å². The number of aryl methyl sites for hydroxylation is 1. The highest BCUT2D eigenvalue weighted by Gasteiger charge is 2.15. The molecular weight excluding hydrogens is 274 g/mol. The van der Waals surface area contributed by atoms with Gasteiger partial charge in [-0.05, 0) is 49.1 Å². The summed E-state index contributed by atoms with van der Waals surface area (Å²) in [5, 5.41) is 4.00. The lowest BCUT2D eigenvalue weighted by atomic mass is 10.1. The van der Waals surface area contributed by atoms with Gasteiger partial charge in [-0.1, -0.05) is 5.16 Å². The largest absolute Gasteiger partial charge is 0.496 e. The van der Waals surface area contributed by atoms with E-state index in [-0.39, 0.29) is 6.04 Å². The number of nitrogens with zero attached hydrogens (tertiary/aromatic N) is 2. The van der Waals surface area contributed by atoms with Crippen LogP contribution in [0.2, 0.25) is 0 Å². The summed E-state index contributed by atoms with van der Waals surface area (Å²) in [6.07, 6.45) is 2.87. The number of benzene rings is 1. The van der Waals surface area contributed by atoms with E-state index >= 15 is 0 Å². The van der Waals surface area contributed by atoms with Crippen LogP contribution in [0.25, 0.3) is 11.4 Å². The van der Waals surface area contributed by atoms with Crippen molar-refractivity contribution in [2.45, 2.75) is 19.4 Å². The Kier molecular flexibility index (Phi) is 5.03. The second-order valence-corrected chi connectivity index (χ2v) is 5.51. The molecule has 20 heavy (non-hydrogen) atoms. The van der Waals surface area contributed by atoms with Crippen LogP contribution in [0.5, 0.6) is 5.75 Å². The van der Waals surface area contributed by atoms with Crippen LogP contribution in [0.15, 0.2) is 22.7 Å².